The Morgan fingerprint density at radius 2 is 1.89 bits per heavy atom. The summed E-state index contributed by atoms with van der Waals surface area (Å²) >= 11 is 11.9. The van der Waals surface area contributed by atoms with Gasteiger partial charge < -0.3 is 0 Å². The second-order valence-corrected chi connectivity index (χ2v) is 5.39. The molecule has 0 aromatic heterocycles. The highest BCUT2D eigenvalue weighted by atomic mass is 35.5. The molecule has 0 aliphatic carbocycles. The SMILES string of the molecule is CC1N=NC2C(=O)N(c3ccc(Cl)cc3Cl)C(=O)C12. The molecule has 0 radical (unpaired) electrons. The zero-order valence-corrected chi connectivity index (χ0v) is 11.4. The van der Waals surface area contributed by atoms with Gasteiger partial charge in [-0.1, -0.05) is 23.2 Å². The van der Waals surface area contributed by atoms with Crippen molar-refractivity contribution in [3.8, 4) is 0 Å². The van der Waals surface area contributed by atoms with Crippen molar-refractivity contribution in [1.82, 2.24) is 0 Å². The standard InChI is InChI=1S/C12H9Cl2N3O2/c1-5-9-10(16-15-5)12(19)17(11(9)18)8-3-2-6(13)4-7(8)14/h2-5,9-10H,1H3. The third kappa shape index (κ3) is 1.76. The summed E-state index contributed by atoms with van der Waals surface area (Å²) in [6, 6.07) is 3.65. The number of carbonyl (C=O) groups is 2. The molecule has 98 valence electrons. The predicted octanol–water partition coefficient (Wildman–Crippen LogP) is 2.71. The van der Waals surface area contributed by atoms with Crippen molar-refractivity contribution < 1.29 is 9.59 Å². The normalized spacial score (nSPS) is 29.2. The van der Waals surface area contributed by atoms with Crippen LogP contribution in [0.3, 0.4) is 0 Å². The second kappa shape index (κ2) is 4.28. The zero-order chi connectivity index (χ0) is 13.7. The highest BCUT2D eigenvalue weighted by molar-refractivity contribution is 6.38. The number of azo groups is 1. The van der Waals surface area contributed by atoms with Crippen molar-refractivity contribution in [1.29, 1.82) is 0 Å². The third-order valence-electron chi connectivity index (χ3n) is 3.36. The maximum Gasteiger partial charge on any atom is 0.261 e. The lowest BCUT2D eigenvalue weighted by molar-refractivity contribution is -0.122. The molecule has 3 rings (SSSR count). The number of hydrogen-bond acceptors (Lipinski definition) is 4. The number of benzene rings is 1. The van der Waals surface area contributed by atoms with Gasteiger partial charge in [0, 0.05) is 5.02 Å². The van der Waals surface area contributed by atoms with Gasteiger partial charge in [0.15, 0.2) is 6.04 Å². The topological polar surface area (TPSA) is 62.1 Å². The highest BCUT2D eigenvalue weighted by Crippen LogP contribution is 2.38. The fraction of sp³-hybridized carbons (Fsp3) is 0.333. The van der Waals surface area contributed by atoms with E-state index in [2.05, 4.69) is 10.2 Å². The van der Waals surface area contributed by atoms with Crippen LogP contribution >= 0.6 is 23.2 Å². The third-order valence-corrected chi connectivity index (χ3v) is 3.90. The highest BCUT2D eigenvalue weighted by Gasteiger charge is 2.54. The fourth-order valence-electron chi connectivity index (χ4n) is 2.42. The molecule has 0 bridgehead atoms. The molecule has 2 amide bonds. The molecule has 2 aliphatic heterocycles. The summed E-state index contributed by atoms with van der Waals surface area (Å²) in [5, 5.41) is 8.47. The number of hydrogen-bond donors (Lipinski definition) is 0. The van der Waals surface area contributed by atoms with E-state index in [1.807, 2.05) is 0 Å². The van der Waals surface area contributed by atoms with E-state index in [4.69, 9.17) is 23.2 Å². The van der Waals surface area contributed by atoms with Crippen molar-refractivity contribution >= 4 is 40.7 Å². The van der Waals surface area contributed by atoms with Crippen LogP contribution in [-0.2, 0) is 9.59 Å². The number of rotatable bonds is 1. The van der Waals surface area contributed by atoms with E-state index in [0.29, 0.717) is 10.7 Å². The van der Waals surface area contributed by atoms with E-state index < -0.39 is 12.0 Å². The van der Waals surface area contributed by atoms with Crippen LogP contribution in [0, 0.1) is 5.92 Å². The molecule has 19 heavy (non-hydrogen) atoms. The molecular weight excluding hydrogens is 289 g/mol. The summed E-state index contributed by atoms with van der Waals surface area (Å²) < 4.78 is 0. The van der Waals surface area contributed by atoms with E-state index in [0.717, 1.165) is 4.90 Å². The average Bonchev–Trinajstić information content (AvgIpc) is 2.83. The lowest BCUT2D eigenvalue weighted by Crippen LogP contribution is -2.33. The average molecular weight is 298 g/mol. The number of fused-ring (bicyclic) bond motifs is 1. The van der Waals surface area contributed by atoms with Gasteiger partial charge >= 0.3 is 0 Å². The molecule has 0 saturated carbocycles. The van der Waals surface area contributed by atoms with E-state index in [9.17, 15) is 9.59 Å². The number of halogens is 2. The van der Waals surface area contributed by atoms with Crippen LogP contribution in [0.4, 0.5) is 5.69 Å². The lowest BCUT2D eigenvalue weighted by Gasteiger charge is -2.17. The molecule has 1 fully saturated rings. The van der Waals surface area contributed by atoms with Crippen LogP contribution in [-0.4, -0.2) is 23.9 Å². The van der Waals surface area contributed by atoms with Gasteiger partial charge in [0.25, 0.3) is 5.91 Å². The van der Waals surface area contributed by atoms with Crippen molar-refractivity contribution in [3.05, 3.63) is 28.2 Å². The summed E-state index contributed by atoms with van der Waals surface area (Å²) in [5.74, 6) is -1.21. The van der Waals surface area contributed by atoms with Gasteiger partial charge in [0.1, 0.15) is 0 Å². The minimum Gasteiger partial charge on any atom is -0.274 e. The molecule has 0 spiro atoms. The first-order valence-corrected chi connectivity index (χ1v) is 6.49. The van der Waals surface area contributed by atoms with Crippen LogP contribution in [0.25, 0.3) is 0 Å². The maximum atomic E-state index is 12.3. The van der Waals surface area contributed by atoms with Crippen LogP contribution in [0.5, 0.6) is 0 Å². The van der Waals surface area contributed by atoms with Gasteiger partial charge in [-0.05, 0) is 25.1 Å². The van der Waals surface area contributed by atoms with Crippen molar-refractivity contribution in [2.45, 2.75) is 19.0 Å². The van der Waals surface area contributed by atoms with Gasteiger partial charge in [0.05, 0.1) is 22.7 Å². The van der Waals surface area contributed by atoms with Gasteiger partial charge in [-0.2, -0.15) is 10.2 Å². The Kier molecular flexibility index (Phi) is 2.83. The zero-order valence-electron chi connectivity index (χ0n) is 9.88. The Labute approximate surface area is 119 Å². The minimum atomic E-state index is -0.714. The summed E-state index contributed by atoms with van der Waals surface area (Å²) in [6.07, 6.45) is 0. The smallest absolute Gasteiger partial charge is 0.261 e. The van der Waals surface area contributed by atoms with Gasteiger partial charge in [0.2, 0.25) is 5.91 Å². The second-order valence-electron chi connectivity index (χ2n) is 4.55. The van der Waals surface area contributed by atoms with E-state index in [1.165, 1.54) is 6.07 Å². The van der Waals surface area contributed by atoms with E-state index in [-0.39, 0.29) is 22.9 Å². The Morgan fingerprint density at radius 3 is 2.53 bits per heavy atom. The van der Waals surface area contributed by atoms with Gasteiger partial charge in [-0.3, -0.25) is 9.59 Å². The van der Waals surface area contributed by atoms with Crippen LogP contribution in [0.1, 0.15) is 6.92 Å². The summed E-state index contributed by atoms with van der Waals surface area (Å²) in [6.45, 7) is 1.77. The molecule has 0 N–H and O–H groups in total. The largest absolute Gasteiger partial charge is 0.274 e. The minimum absolute atomic E-state index is 0.263. The molecule has 3 atom stereocenters. The van der Waals surface area contributed by atoms with Crippen LogP contribution in [0.15, 0.2) is 28.4 Å². The van der Waals surface area contributed by atoms with E-state index >= 15 is 0 Å². The quantitative estimate of drug-likeness (QED) is 0.748. The molecule has 7 heteroatoms. The predicted molar refractivity (Wildman–Crippen MR) is 70.6 cm³/mol. The van der Waals surface area contributed by atoms with E-state index in [1.54, 1.807) is 19.1 Å². The first-order chi connectivity index (χ1) is 9.00. The molecule has 2 aliphatic rings. The van der Waals surface area contributed by atoms with Crippen LogP contribution < -0.4 is 4.90 Å². The molecule has 3 unspecified atom stereocenters. The summed E-state index contributed by atoms with van der Waals surface area (Å²) in [5.41, 5.74) is 0.345. The van der Waals surface area contributed by atoms with Gasteiger partial charge in [-0.15, -0.1) is 0 Å². The number of nitrogens with zero attached hydrogens (tertiary/aromatic N) is 3. The molecule has 5 nitrogen and oxygen atoms in total. The molecule has 1 aromatic rings. The monoisotopic (exact) mass is 297 g/mol. The number of amides is 2. The molecular formula is C12H9Cl2N3O2. The first kappa shape index (κ1) is 12.6. The number of carbonyl (C=O) groups excluding carboxylic acids is 2. The summed E-state index contributed by atoms with van der Waals surface area (Å²) in [7, 11) is 0. The van der Waals surface area contributed by atoms with Crippen molar-refractivity contribution in [3.63, 3.8) is 0 Å². The fourth-order valence-corrected chi connectivity index (χ4v) is 2.91. The number of imide groups is 1. The Morgan fingerprint density at radius 1 is 1.16 bits per heavy atom. The molecule has 1 saturated heterocycles. The molecule has 1 aromatic carbocycles. The Balaban J connectivity index is 2.04. The Hall–Kier alpha value is -1.46. The van der Waals surface area contributed by atoms with Crippen molar-refractivity contribution in [2.24, 2.45) is 16.1 Å². The summed E-state index contributed by atoms with van der Waals surface area (Å²) in [4.78, 5) is 25.7. The number of anilines is 1. The molecule has 2 heterocycles. The lowest BCUT2D eigenvalue weighted by atomic mass is 9.98. The van der Waals surface area contributed by atoms with Gasteiger partial charge in [-0.25, -0.2) is 4.90 Å². The van der Waals surface area contributed by atoms with Crippen molar-refractivity contribution in [2.75, 3.05) is 4.90 Å². The first-order valence-electron chi connectivity index (χ1n) is 5.73. The Bertz CT molecular complexity index is 617. The maximum absolute atomic E-state index is 12.3. The van der Waals surface area contributed by atoms with Crippen LogP contribution in [0.2, 0.25) is 10.0 Å².